The summed E-state index contributed by atoms with van der Waals surface area (Å²) in [7, 11) is -0.179. The first-order valence-electron chi connectivity index (χ1n) is 6.79. The van der Waals surface area contributed by atoms with Gasteiger partial charge in [0.2, 0.25) is 0 Å². The Morgan fingerprint density at radius 3 is 2.33 bits per heavy atom. The van der Waals surface area contributed by atoms with Crippen LogP contribution in [0.25, 0.3) is 0 Å². The van der Waals surface area contributed by atoms with E-state index >= 15 is 0 Å². The Morgan fingerprint density at radius 1 is 1.10 bits per heavy atom. The van der Waals surface area contributed by atoms with Crippen LogP contribution in [0.4, 0.5) is 13.2 Å². The van der Waals surface area contributed by atoms with Gasteiger partial charge in [0.1, 0.15) is 0 Å². The lowest BCUT2D eigenvalue weighted by atomic mass is 10.0. The van der Waals surface area contributed by atoms with Crippen molar-refractivity contribution < 1.29 is 26.8 Å². The van der Waals surface area contributed by atoms with Crippen molar-refractivity contribution in [1.29, 1.82) is 0 Å². The Balaban J connectivity index is 2.37. The van der Waals surface area contributed by atoms with Crippen molar-refractivity contribution >= 4 is 8.80 Å². The van der Waals surface area contributed by atoms with Gasteiger partial charge in [0.25, 0.3) is 0 Å². The van der Waals surface area contributed by atoms with E-state index in [0.29, 0.717) is 18.0 Å². The third kappa shape index (κ3) is 6.17. The number of hydrogen-bond acceptors (Lipinski definition) is 3. The van der Waals surface area contributed by atoms with Crippen LogP contribution < -0.4 is 0 Å². The summed E-state index contributed by atoms with van der Waals surface area (Å²) < 4.78 is 47.6. The average Bonchev–Trinajstić information content (AvgIpc) is 2.46. The fourth-order valence-corrected chi connectivity index (χ4v) is 3.32. The Labute approximate surface area is 124 Å². The highest BCUT2D eigenvalue weighted by atomic mass is 28.4. The Hall–Kier alpha value is -0.893. The number of alkyl halides is 3. The summed E-state index contributed by atoms with van der Waals surface area (Å²) in [6.07, 6.45) is -1.42. The van der Waals surface area contributed by atoms with E-state index in [9.17, 15) is 18.0 Å². The van der Waals surface area contributed by atoms with Crippen molar-refractivity contribution in [3.63, 3.8) is 0 Å². The molecule has 0 bridgehead atoms. The first kappa shape index (κ1) is 18.2. The molecule has 0 aliphatic rings. The summed E-state index contributed by atoms with van der Waals surface area (Å²) in [6.45, 7) is 0. The van der Waals surface area contributed by atoms with E-state index in [1.807, 2.05) is 0 Å². The summed E-state index contributed by atoms with van der Waals surface area (Å²) in [6, 6.07) is 5.86. The molecule has 0 atom stereocenters. The SMILES string of the molecule is CO[Si](O)(CCCCCc1cccc(C(F)(F)F)c1)OC. The third-order valence-corrected chi connectivity index (χ3v) is 5.61. The number of rotatable bonds is 8. The second kappa shape index (κ2) is 7.93. The van der Waals surface area contributed by atoms with Gasteiger partial charge in [0.15, 0.2) is 0 Å². The average molecular weight is 322 g/mol. The van der Waals surface area contributed by atoms with Crippen molar-refractivity contribution in [2.75, 3.05) is 14.2 Å². The standard InChI is InChI=1S/C14H21F3O3Si/c1-19-21(18,20-2)10-5-3-4-7-12-8-6-9-13(11-12)14(15,16)17/h6,8-9,11,18H,3-5,7,10H2,1-2H3. The second-order valence-electron chi connectivity index (χ2n) is 4.88. The lowest BCUT2D eigenvalue weighted by Crippen LogP contribution is -2.39. The quantitative estimate of drug-likeness (QED) is 0.586. The zero-order valence-electron chi connectivity index (χ0n) is 12.2. The van der Waals surface area contributed by atoms with Crippen LogP contribution in [0, 0.1) is 0 Å². The van der Waals surface area contributed by atoms with Gasteiger partial charge in [-0.05, 0) is 30.9 Å². The molecule has 1 aromatic carbocycles. The zero-order valence-corrected chi connectivity index (χ0v) is 13.2. The summed E-state index contributed by atoms with van der Waals surface area (Å²) in [4.78, 5) is 9.84. The Kier molecular flexibility index (Phi) is 6.86. The van der Waals surface area contributed by atoms with Gasteiger partial charge in [-0.15, -0.1) is 0 Å². The molecule has 0 aliphatic heterocycles. The number of hydrogen-bond donors (Lipinski definition) is 1. The van der Waals surface area contributed by atoms with Crippen molar-refractivity contribution in [3.8, 4) is 0 Å². The van der Waals surface area contributed by atoms with Gasteiger partial charge in [0, 0.05) is 20.3 Å². The van der Waals surface area contributed by atoms with Crippen LogP contribution in [0.15, 0.2) is 24.3 Å². The predicted octanol–water partition coefficient (Wildman–Crippen LogP) is 3.64. The van der Waals surface area contributed by atoms with Crippen LogP contribution in [-0.2, 0) is 21.4 Å². The first-order chi connectivity index (χ1) is 9.80. The van der Waals surface area contributed by atoms with Gasteiger partial charge in [-0.3, -0.25) is 0 Å². The molecule has 0 amide bonds. The molecule has 21 heavy (non-hydrogen) atoms. The molecule has 3 nitrogen and oxygen atoms in total. The van der Waals surface area contributed by atoms with E-state index in [-0.39, 0.29) is 0 Å². The third-order valence-electron chi connectivity index (χ3n) is 3.35. The monoisotopic (exact) mass is 322 g/mol. The zero-order chi connectivity index (χ0) is 15.9. The minimum Gasteiger partial charge on any atom is -0.390 e. The lowest BCUT2D eigenvalue weighted by molar-refractivity contribution is -0.137. The first-order valence-corrected chi connectivity index (χ1v) is 8.76. The number of halogens is 3. The molecular formula is C14H21F3O3Si. The maximum absolute atomic E-state index is 12.6. The molecule has 0 heterocycles. The molecule has 0 fully saturated rings. The lowest BCUT2D eigenvalue weighted by Gasteiger charge is -2.19. The highest BCUT2D eigenvalue weighted by molar-refractivity contribution is 6.59. The molecule has 0 saturated carbocycles. The predicted molar refractivity (Wildman–Crippen MR) is 75.8 cm³/mol. The van der Waals surface area contributed by atoms with Gasteiger partial charge in [-0.2, -0.15) is 13.2 Å². The van der Waals surface area contributed by atoms with Crippen molar-refractivity contribution in [2.45, 2.75) is 37.9 Å². The van der Waals surface area contributed by atoms with Crippen LogP contribution in [-0.4, -0.2) is 27.8 Å². The second-order valence-corrected chi connectivity index (χ2v) is 7.62. The van der Waals surface area contributed by atoms with Crippen molar-refractivity contribution in [2.24, 2.45) is 0 Å². The van der Waals surface area contributed by atoms with Gasteiger partial charge in [-0.1, -0.05) is 24.6 Å². The van der Waals surface area contributed by atoms with Crippen molar-refractivity contribution in [1.82, 2.24) is 0 Å². The minimum atomic E-state index is -4.30. The molecule has 7 heteroatoms. The van der Waals surface area contributed by atoms with E-state index in [1.165, 1.54) is 26.4 Å². The fraction of sp³-hybridized carbons (Fsp3) is 0.571. The fourth-order valence-electron chi connectivity index (χ4n) is 2.04. The molecule has 0 aliphatic carbocycles. The molecule has 1 N–H and O–H groups in total. The van der Waals surface area contributed by atoms with Crippen LogP contribution in [0.2, 0.25) is 6.04 Å². The smallest absolute Gasteiger partial charge is 0.390 e. The highest BCUT2D eigenvalue weighted by Gasteiger charge is 2.33. The van der Waals surface area contributed by atoms with Gasteiger partial charge in [-0.25, -0.2) is 0 Å². The molecule has 0 radical (unpaired) electrons. The molecule has 1 aromatic rings. The van der Waals surface area contributed by atoms with E-state index in [2.05, 4.69) is 0 Å². The normalized spacial score (nSPS) is 12.7. The van der Waals surface area contributed by atoms with Crippen LogP contribution in [0.5, 0.6) is 0 Å². The van der Waals surface area contributed by atoms with E-state index in [0.717, 1.165) is 25.3 Å². The summed E-state index contributed by atoms with van der Waals surface area (Å²) in [5.74, 6) is 0. The van der Waals surface area contributed by atoms with Crippen molar-refractivity contribution in [3.05, 3.63) is 35.4 Å². The van der Waals surface area contributed by atoms with Gasteiger partial charge < -0.3 is 13.6 Å². The molecule has 0 saturated heterocycles. The Bertz CT molecular complexity index is 434. The molecule has 0 spiro atoms. The maximum Gasteiger partial charge on any atom is 0.497 e. The minimum absolute atomic E-state index is 0.461. The molecule has 120 valence electrons. The van der Waals surface area contributed by atoms with Crippen LogP contribution >= 0.6 is 0 Å². The van der Waals surface area contributed by atoms with E-state index in [4.69, 9.17) is 8.85 Å². The number of aryl methyl sites for hydroxylation is 1. The topological polar surface area (TPSA) is 38.7 Å². The molecular weight excluding hydrogens is 301 g/mol. The van der Waals surface area contributed by atoms with E-state index < -0.39 is 20.5 Å². The number of unbranched alkanes of at least 4 members (excludes halogenated alkanes) is 2. The van der Waals surface area contributed by atoms with Gasteiger partial charge >= 0.3 is 15.0 Å². The molecule has 0 unspecified atom stereocenters. The van der Waals surface area contributed by atoms with E-state index in [1.54, 1.807) is 6.07 Å². The van der Waals surface area contributed by atoms with Crippen LogP contribution in [0.1, 0.15) is 30.4 Å². The maximum atomic E-state index is 12.6. The summed E-state index contributed by atoms with van der Waals surface area (Å²) >= 11 is 0. The highest BCUT2D eigenvalue weighted by Crippen LogP contribution is 2.29. The summed E-state index contributed by atoms with van der Waals surface area (Å²) in [5.41, 5.74) is 0.0661. The Morgan fingerprint density at radius 2 is 1.76 bits per heavy atom. The number of benzene rings is 1. The van der Waals surface area contributed by atoms with Crippen LogP contribution in [0.3, 0.4) is 0 Å². The van der Waals surface area contributed by atoms with Gasteiger partial charge in [0.05, 0.1) is 5.56 Å². The largest absolute Gasteiger partial charge is 0.497 e. The molecule has 1 rings (SSSR count). The molecule has 0 aromatic heterocycles. The summed E-state index contributed by atoms with van der Waals surface area (Å²) in [5, 5.41) is 0.